The monoisotopic (exact) mass is 436 g/mol. The Morgan fingerprint density at radius 1 is 0.800 bits per heavy atom. The Morgan fingerprint density at radius 3 is 1.97 bits per heavy atom. The van der Waals surface area contributed by atoms with E-state index in [1.54, 1.807) is 30.3 Å². The van der Waals surface area contributed by atoms with E-state index < -0.39 is 28.9 Å². The third-order valence-electron chi connectivity index (χ3n) is 4.70. The molecule has 2 nitrogen and oxygen atoms in total. The van der Waals surface area contributed by atoms with Crippen molar-refractivity contribution in [3.63, 3.8) is 0 Å². The van der Waals surface area contributed by atoms with Gasteiger partial charge in [0.05, 0.1) is 11.1 Å². The van der Waals surface area contributed by atoms with Crippen LogP contribution < -0.4 is 11.1 Å². The zero-order chi connectivity index (χ0) is 21.9. The number of nitrogens with two attached hydrogens (primary N) is 1. The fourth-order valence-corrected chi connectivity index (χ4v) is 3.58. The molecule has 8 heteroatoms. The van der Waals surface area contributed by atoms with E-state index in [2.05, 4.69) is 5.32 Å². The van der Waals surface area contributed by atoms with Crippen molar-refractivity contribution < 1.29 is 22.0 Å². The molecule has 0 aliphatic heterocycles. The molecular weight excluding hydrogens is 419 g/mol. The molecule has 0 saturated heterocycles. The minimum Gasteiger partial charge on any atom is -0.376 e. The molecule has 0 unspecified atom stereocenters. The molecule has 3 rings (SSSR count). The number of rotatable bonds is 5. The second kappa shape index (κ2) is 8.39. The van der Waals surface area contributed by atoms with E-state index in [0.29, 0.717) is 11.6 Å². The van der Waals surface area contributed by atoms with Gasteiger partial charge in [-0.15, -0.1) is 0 Å². The van der Waals surface area contributed by atoms with Gasteiger partial charge in [0, 0.05) is 6.42 Å². The second-order valence-corrected chi connectivity index (χ2v) is 7.23. The molecule has 0 radical (unpaired) electrons. The number of hydrogen-bond donors (Lipinski definition) is 2. The molecule has 0 bridgehead atoms. The summed E-state index contributed by atoms with van der Waals surface area (Å²) in [6, 6.07) is 16.2. The summed E-state index contributed by atoms with van der Waals surface area (Å²) >= 11 is 5.00. The van der Waals surface area contributed by atoms with Crippen LogP contribution in [0.2, 0.25) is 0 Å². The molecule has 0 aromatic heterocycles. The fraction of sp³-hybridized carbons (Fsp3) is 0.136. The van der Waals surface area contributed by atoms with Crippen LogP contribution in [0, 0.1) is 11.6 Å². The summed E-state index contributed by atoms with van der Waals surface area (Å²) in [6.45, 7) is 0. The van der Waals surface area contributed by atoms with Crippen LogP contribution in [-0.4, -0.2) is 5.11 Å². The quantitative estimate of drug-likeness (QED) is 0.421. The number of nitrogens with one attached hydrogen (secondary N) is 1. The van der Waals surface area contributed by atoms with E-state index in [-0.39, 0.29) is 17.1 Å². The summed E-state index contributed by atoms with van der Waals surface area (Å²) < 4.78 is 68.0. The number of thiocarbonyl (C=S) groups is 1. The molecular formula is C22H17F5N2S. The van der Waals surface area contributed by atoms with Crippen molar-refractivity contribution in [1.29, 1.82) is 0 Å². The lowest BCUT2D eigenvalue weighted by Crippen LogP contribution is -2.50. The predicted octanol–water partition coefficient (Wildman–Crippen LogP) is 5.30. The molecule has 3 aromatic rings. The van der Waals surface area contributed by atoms with Gasteiger partial charge >= 0.3 is 6.18 Å². The van der Waals surface area contributed by atoms with E-state index in [4.69, 9.17) is 18.0 Å². The first kappa shape index (κ1) is 21.7. The SMILES string of the molecule is NC(=S)N[C@@](Cc1ccccc1)(c1ccc(F)cc1)c1cc(F)cc(C(F)(F)F)c1. The lowest BCUT2D eigenvalue weighted by atomic mass is 9.77. The third kappa shape index (κ3) is 4.76. The van der Waals surface area contributed by atoms with Crippen molar-refractivity contribution in [2.24, 2.45) is 5.73 Å². The summed E-state index contributed by atoms with van der Waals surface area (Å²) in [7, 11) is 0. The van der Waals surface area contributed by atoms with Crippen molar-refractivity contribution in [3.05, 3.63) is 107 Å². The highest BCUT2D eigenvalue weighted by atomic mass is 32.1. The first-order chi connectivity index (χ1) is 14.1. The van der Waals surface area contributed by atoms with Gasteiger partial charge in [0.25, 0.3) is 0 Å². The fourth-order valence-electron chi connectivity index (χ4n) is 3.41. The van der Waals surface area contributed by atoms with Crippen molar-refractivity contribution in [3.8, 4) is 0 Å². The van der Waals surface area contributed by atoms with Gasteiger partial charge in [0.2, 0.25) is 0 Å². The number of halogens is 5. The average molecular weight is 436 g/mol. The van der Waals surface area contributed by atoms with E-state index in [1.165, 1.54) is 24.3 Å². The van der Waals surface area contributed by atoms with Gasteiger partial charge in [-0.3, -0.25) is 0 Å². The van der Waals surface area contributed by atoms with Crippen LogP contribution >= 0.6 is 12.2 Å². The standard InChI is InChI=1S/C22H17F5N2S/c23-18-8-6-15(7-9-18)21(29-20(28)30,13-14-4-2-1-3-5-14)16-10-17(22(25,26)27)12-19(24)11-16/h1-12H,13H2,(H3,28,29,30)/t21-/m0/s1. The second-order valence-electron chi connectivity index (χ2n) is 6.79. The Hall–Kier alpha value is -3.00. The molecule has 30 heavy (non-hydrogen) atoms. The summed E-state index contributed by atoms with van der Waals surface area (Å²) in [5.41, 5.74) is 4.16. The van der Waals surface area contributed by atoms with Gasteiger partial charge in [-0.1, -0.05) is 42.5 Å². The third-order valence-corrected chi connectivity index (χ3v) is 4.81. The largest absolute Gasteiger partial charge is 0.416 e. The van der Waals surface area contributed by atoms with Crippen molar-refractivity contribution in [2.45, 2.75) is 18.1 Å². The van der Waals surface area contributed by atoms with Crippen LogP contribution in [0.3, 0.4) is 0 Å². The average Bonchev–Trinajstić information content (AvgIpc) is 2.67. The molecule has 0 spiro atoms. The lowest BCUT2D eigenvalue weighted by molar-refractivity contribution is -0.137. The molecule has 0 saturated carbocycles. The Kier molecular flexibility index (Phi) is 6.07. The van der Waals surface area contributed by atoms with Crippen molar-refractivity contribution in [2.75, 3.05) is 0 Å². The minimum absolute atomic E-state index is 0.0434. The predicted molar refractivity (Wildman–Crippen MR) is 109 cm³/mol. The molecule has 3 N–H and O–H groups in total. The molecule has 0 aliphatic carbocycles. The zero-order valence-electron chi connectivity index (χ0n) is 15.5. The smallest absolute Gasteiger partial charge is 0.376 e. The number of benzene rings is 3. The van der Waals surface area contributed by atoms with E-state index in [0.717, 1.165) is 17.7 Å². The molecule has 3 aromatic carbocycles. The molecule has 1 atom stereocenters. The molecule has 0 fully saturated rings. The van der Waals surface area contributed by atoms with Crippen LogP contribution in [-0.2, 0) is 18.1 Å². The molecule has 156 valence electrons. The minimum atomic E-state index is -4.76. The van der Waals surface area contributed by atoms with Crippen LogP contribution in [0.5, 0.6) is 0 Å². The van der Waals surface area contributed by atoms with E-state index in [1.807, 2.05) is 0 Å². The normalized spacial score (nSPS) is 13.5. The van der Waals surface area contributed by atoms with Gasteiger partial charge in [0.15, 0.2) is 5.11 Å². The Morgan fingerprint density at radius 2 is 1.40 bits per heavy atom. The van der Waals surface area contributed by atoms with Gasteiger partial charge in [-0.25, -0.2) is 8.78 Å². The highest BCUT2D eigenvalue weighted by molar-refractivity contribution is 7.80. The Labute approximate surface area is 175 Å². The summed E-state index contributed by atoms with van der Waals surface area (Å²) in [5.74, 6) is -1.60. The number of alkyl halides is 3. The topological polar surface area (TPSA) is 38.0 Å². The first-order valence-electron chi connectivity index (χ1n) is 8.86. The summed E-state index contributed by atoms with van der Waals surface area (Å²) in [5, 5.41) is 2.65. The lowest BCUT2D eigenvalue weighted by Gasteiger charge is -2.37. The van der Waals surface area contributed by atoms with Crippen LogP contribution in [0.15, 0.2) is 72.8 Å². The maximum Gasteiger partial charge on any atom is 0.416 e. The van der Waals surface area contributed by atoms with Crippen LogP contribution in [0.1, 0.15) is 22.3 Å². The zero-order valence-corrected chi connectivity index (χ0v) is 16.3. The Bertz CT molecular complexity index is 1040. The van der Waals surface area contributed by atoms with Crippen molar-refractivity contribution in [1.82, 2.24) is 5.32 Å². The van der Waals surface area contributed by atoms with Crippen LogP contribution in [0.4, 0.5) is 22.0 Å². The maximum absolute atomic E-state index is 14.3. The maximum atomic E-state index is 14.3. The van der Waals surface area contributed by atoms with E-state index in [9.17, 15) is 22.0 Å². The molecule has 0 aliphatic rings. The van der Waals surface area contributed by atoms with Gasteiger partial charge < -0.3 is 11.1 Å². The number of hydrogen-bond acceptors (Lipinski definition) is 1. The summed E-state index contributed by atoms with van der Waals surface area (Å²) in [4.78, 5) is 0. The highest BCUT2D eigenvalue weighted by Gasteiger charge is 2.39. The Balaban J connectivity index is 2.31. The van der Waals surface area contributed by atoms with Crippen LogP contribution in [0.25, 0.3) is 0 Å². The highest BCUT2D eigenvalue weighted by Crippen LogP contribution is 2.38. The van der Waals surface area contributed by atoms with Gasteiger partial charge in [0.1, 0.15) is 11.6 Å². The van der Waals surface area contributed by atoms with E-state index >= 15 is 0 Å². The van der Waals surface area contributed by atoms with Gasteiger partial charge in [-0.05, 0) is 59.2 Å². The van der Waals surface area contributed by atoms with Gasteiger partial charge in [-0.2, -0.15) is 13.2 Å². The van der Waals surface area contributed by atoms with Crippen molar-refractivity contribution >= 4 is 17.3 Å². The summed E-state index contributed by atoms with van der Waals surface area (Å²) in [6.07, 6.45) is -4.68. The molecule has 0 amide bonds. The molecule has 0 heterocycles. The first-order valence-corrected chi connectivity index (χ1v) is 9.27.